The summed E-state index contributed by atoms with van der Waals surface area (Å²) in [6.45, 7) is 5.31. The molecule has 0 spiro atoms. The Balaban J connectivity index is 1.80. The van der Waals surface area contributed by atoms with Gasteiger partial charge in [0.05, 0.1) is 0 Å². The summed E-state index contributed by atoms with van der Waals surface area (Å²) in [5.74, 6) is 1.64. The molecule has 0 atom stereocenters. The molecule has 1 N–H and O–H groups in total. The molecule has 0 aliphatic heterocycles. The van der Waals surface area contributed by atoms with Gasteiger partial charge < -0.3 is 5.32 Å². The minimum atomic E-state index is 0.438. The molecule has 4 nitrogen and oxygen atoms in total. The van der Waals surface area contributed by atoms with Gasteiger partial charge in [0.1, 0.15) is 5.82 Å². The Labute approximate surface area is 119 Å². The van der Waals surface area contributed by atoms with Crippen LogP contribution in [0.2, 0.25) is 0 Å². The maximum Gasteiger partial charge on any atom is 0.163 e. The molecule has 2 heterocycles. The van der Waals surface area contributed by atoms with Crippen molar-refractivity contribution in [3.05, 3.63) is 36.3 Å². The Bertz CT molecular complexity index is 591. The molecule has 0 unspecified atom stereocenters. The second kappa shape index (κ2) is 5.19. The third kappa shape index (κ3) is 2.79. The van der Waals surface area contributed by atoms with Crippen LogP contribution >= 0.6 is 0 Å². The number of nitrogens with zero attached hydrogens (tertiary/aromatic N) is 3. The standard InChI is InChI=1S/C16H20N4/c1-12-9-14(18-11-16(2)6-4-7-16)20-15(19-12)13-5-3-8-17-10-13/h3,5,8-10H,4,6-7,11H2,1-2H3,(H,18,19,20). The van der Waals surface area contributed by atoms with Crippen molar-refractivity contribution in [1.82, 2.24) is 15.0 Å². The molecule has 4 heteroatoms. The SMILES string of the molecule is Cc1cc(NCC2(C)CCC2)nc(-c2cccnc2)n1. The zero-order valence-corrected chi connectivity index (χ0v) is 12.1. The monoisotopic (exact) mass is 268 g/mol. The minimum absolute atomic E-state index is 0.438. The first kappa shape index (κ1) is 13.0. The molecule has 1 aliphatic rings. The topological polar surface area (TPSA) is 50.7 Å². The largest absolute Gasteiger partial charge is 0.369 e. The summed E-state index contributed by atoms with van der Waals surface area (Å²) in [7, 11) is 0. The third-order valence-corrected chi connectivity index (χ3v) is 4.03. The number of hydrogen-bond acceptors (Lipinski definition) is 4. The van der Waals surface area contributed by atoms with Crippen LogP contribution < -0.4 is 5.32 Å². The van der Waals surface area contributed by atoms with E-state index in [2.05, 4.69) is 27.2 Å². The summed E-state index contributed by atoms with van der Waals surface area (Å²) in [6.07, 6.45) is 7.52. The van der Waals surface area contributed by atoms with Gasteiger partial charge in [-0.3, -0.25) is 4.98 Å². The van der Waals surface area contributed by atoms with Gasteiger partial charge in [0.15, 0.2) is 5.82 Å². The molecule has 1 aliphatic carbocycles. The number of pyridine rings is 1. The molecule has 20 heavy (non-hydrogen) atoms. The maximum atomic E-state index is 4.60. The summed E-state index contributed by atoms with van der Waals surface area (Å²) >= 11 is 0. The first-order valence-electron chi connectivity index (χ1n) is 7.15. The summed E-state index contributed by atoms with van der Waals surface area (Å²) in [5, 5.41) is 3.47. The van der Waals surface area contributed by atoms with E-state index in [0.29, 0.717) is 5.41 Å². The van der Waals surface area contributed by atoms with Crippen molar-refractivity contribution in [2.45, 2.75) is 33.1 Å². The zero-order chi connectivity index (χ0) is 14.0. The highest BCUT2D eigenvalue weighted by molar-refractivity contribution is 5.56. The van der Waals surface area contributed by atoms with E-state index < -0.39 is 0 Å². The fourth-order valence-electron chi connectivity index (χ4n) is 2.54. The van der Waals surface area contributed by atoms with Crippen molar-refractivity contribution < 1.29 is 0 Å². The molecule has 1 fully saturated rings. The summed E-state index contributed by atoms with van der Waals surface area (Å²) in [4.78, 5) is 13.2. The van der Waals surface area contributed by atoms with E-state index in [0.717, 1.165) is 29.4 Å². The summed E-state index contributed by atoms with van der Waals surface area (Å²) in [5.41, 5.74) is 2.36. The molecular formula is C16H20N4. The number of aromatic nitrogens is 3. The van der Waals surface area contributed by atoms with E-state index in [9.17, 15) is 0 Å². The second-order valence-electron chi connectivity index (χ2n) is 5.98. The summed E-state index contributed by atoms with van der Waals surface area (Å²) in [6, 6.07) is 5.89. The van der Waals surface area contributed by atoms with E-state index in [1.165, 1.54) is 19.3 Å². The number of hydrogen-bond donors (Lipinski definition) is 1. The number of rotatable bonds is 4. The predicted octanol–water partition coefficient (Wildman–Crippen LogP) is 3.45. The third-order valence-electron chi connectivity index (χ3n) is 4.03. The van der Waals surface area contributed by atoms with Crippen molar-refractivity contribution in [2.75, 3.05) is 11.9 Å². The quantitative estimate of drug-likeness (QED) is 0.922. The highest BCUT2D eigenvalue weighted by Gasteiger charge is 2.31. The molecule has 2 aromatic rings. The van der Waals surface area contributed by atoms with Gasteiger partial charge in [-0.2, -0.15) is 0 Å². The van der Waals surface area contributed by atoms with Crippen molar-refractivity contribution in [1.29, 1.82) is 0 Å². The van der Waals surface area contributed by atoms with Gasteiger partial charge in [-0.1, -0.05) is 13.3 Å². The molecule has 2 aromatic heterocycles. The molecule has 3 rings (SSSR count). The second-order valence-corrected chi connectivity index (χ2v) is 5.98. The van der Waals surface area contributed by atoms with Crippen molar-refractivity contribution in [3.63, 3.8) is 0 Å². The first-order chi connectivity index (χ1) is 9.65. The van der Waals surface area contributed by atoms with Crippen LogP contribution in [0.5, 0.6) is 0 Å². The Morgan fingerprint density at radius 3 is 2.80 bits per heavy atom. The zero-order valence-electron chi connectivity index (χ0n) is 12.1. The van der Waals surface area contributed by atoms with Gasteiger partial charge in [0.2, 0.25) is 0 Å². The average molecular weight is 268 g/mol. The van der Waals surface area contributed by atoms with Gasteiger partial charge in [0.25, 0.3) is 0 Å². The normalized spacial score (nSPS) is 16.5. The average Bonchev–Trinajstić information content (AvgIpc) is 2.43. The highest BCUT2D eigenvalue weighted by atomic mass is 15.0. The van der Waals surface area contributed by atoms with Crippen LogP contribution in [0.15, 0.2) is 30.6 Å². The van der Waals surface area contributed by atoms with E-state index in [-0.39, 0.29) is 0 Å². The van der Waals surface area contributed by atoms with Crippen LogP contribution in [0, 0.1) is 12.3 Å². The molecular weight excluding hydrogens is 248 g/mol. The van der Waals surface area contributed by atoms with Crippen LogP contribution in [-0.4, -0.2) is 21.5 Å². The van der Waals surface area contributed by atoms with Crippen LogP contribution in [0.1, 0.15) is 31.9 Å². The van der Waals surface area contributed by atoms with Crippen molar-refractivity contribution >= 4 is 5.82 Å². The molecule has 0 bridgehead atoms. The lowest BCUT2D eigenvalue weighted by Gasteiger charge is -2.38. The molecule has 0 radical (unpaired) electrons. The number of aryl methyl sites for hydroxylation is 1. The van der Waals surface area contributed by atoms with E-state index >= 15 is 0 Å². The van der Waals surface area contributed by atoms with E-state index in [1.54, 1.807) is 12.4 Å². The van der Waals surface area contributed by atoms with E-state index in [4.69, 9.17) is 0 Å². The van der Waals surface area contributed by atoms with Gasteiger partial charge in [-0.15, -0.1) is 0 Å². The molecule has 0 saturated heterocycles. The predicted molar refractivity (Wildman–Crippen MR) is 80.4 cm³/mol. The lowest BCUT2D eigenvalue weighted by Crippen LogP contribution is -2.33. The minimum Gasteiger partial charge on any atom is -0.369 e. The fraction of sp³-hybridized carbons (Fsp3) is 0.438. The van der Waals surface area contributed by atoms with Crippen LogP contribution in [0.3, 0.4) is 0 Å². The number of nitrogens with one attached hydrogen (secondary N) is 1. The Morgan fingerprint density at radius 1 is 1.30 bits per heavy atom. The molecule has 0 amide bonds. The lowest BCUT2D eigenvalue weighted by molar-refractivity contribution is 0.180. The number of anilines is 1. The molecule has 0 aromatic carbocycles. The van der Waals surface area contributed by atoms with Crippen molar-refractivity contribution in [3.8, 4) is 11.4 Å². The van der Waals surface area contributed by atoms with E-state index in [1.807, 2.05) is 25.1 Å². The van der Waals surface area contributed by atoms with Crippen LogP contribution in [0.25, 0.3) is 11.4 Å². The smallest absolute Gasteiger partial charge is 0.163 e. The van der Waals surface area contributed by atoms with Crippen LogP contribution in [0.4, 0.5) is 5.82 Å². The Morgan fingerprint density at radius 2 is 2.15 bits per heavy atom. The summed E-state index contributed by atoms with van der Waals surface area (Å²) < 4.78 is 0. The fourth-order valence-corrected chi connectivity index (χ4v) is 2.54. The maximum absolute atomic E-state index is 4.60. The van der Waals surface area contributed by atoms with Gasteiger partial charge in [-0.05, 0) is 37.3 Å². The first-order valence-corrected chi connectivity index (χ1v) is 7.15. The van der Waals surface area contributed by atoms with Gasteiger partial charge in [-0.25, -0.2) is 9.97 Å². The van der Waals surface area contributed by atoms with Crippen molar-refractivity contribution in [2.24, 2.45) is 5.41 Å². The van der Waals surface area contributed by atoms with Crippen LogP contribution in [-0.2, 0) is 0 Å². The Kier molecular flexibility index (Phi) is 3.38. The van der Waals surface area contributed by atoms with Gasteiger partial charge >= 0.3 is 0 Å². The Hall–Kier alpha value is -1.97. The molecule has 1 saturated carbocycles. The lowest BCUT2D eigenvalue weighted by atomic mass is 9.70. The highest BCUT2D eigenvalue weighted by Crippen LogP contribution is 2.40. The van der Waals surface area contributed by atoms with Gasteiger partial charge in [0, 0.05) is 36.3 Å². The molecule has 104 valence electrons.